The highest BCUT2D eigenvalue weighted by atomic mass is 16.5. The second-order valence-corrected chi connectivity index (χ2v) is 6.74. The highest BCUT2D eigenvalue weighted by Crippen LogP contribution is 2.34. The summed E-state index contributed by atoms with van der Waals surface area (Å²) in [5, 5.41) is 3.06. The van der Waals surface area contributed by atoms with Crippen LogP contribution in [0, 0.1) is 0 Å². The lowest BCUT2D eigenvalue weighted by Crippen LogP contribution is -2.56. The average Bonchev–Trinajstić information content (AvgIpc) is 2.93. The first-order chi connectivity index (χ1) is 11.0. The molecule has 2 fully saturated rings. The molecule has 2 aliphatic rings. The number of ether oxygens (including phenoxy) is 1. The zero-order valence-corrected chi connectivity index (χ0v) is 14.3. The molecule has 1 atom stereocenters. The van der Waals surface area contributed by atoms with Crippen LogP contribution >= 0.6 is 0 Å². The van der Waals surface area contributed by atoms with E-state index in [4.69, 9.17) is 4.74 Å². The molecule has 128 valence electrons. The van der Waals surface area contributed by atoms with Crippen molar-refractivity contribution in [2.45, 2.75) is 30.9 Å². The highest BCUT2D eigenvalue weighted by Gasteiger charge is 2.38. The van der Waals surface area contributed by atoms with Crippen LogP contribution in [0.2, 0.25) is 0 Å². The van der Waals surface area contributed by atoms with Gasteiger partial charge in [-0.1, -0.05) is 0 Å². The number of nitrogens with zero attached hydrogens (tertiary/aromatic N) is 4. The Morgan fingerprint density at radius 1 is 1.43 bits per heavy atom. The van der Waals surface area contributed by atoms with Crippen molar-refractivity contribution in [3.63, 3.8) is 0 Å². The predicted octanol–water partition coefficient (Wildman–Crippen LogP) is 0.987. The molecule has 1 aromatic rings. The Morgan fingerprint density at radius 2 is 2.22 bits per heavy atom. The molecule has 3 rings (SSSR count). The molecule has 1 saturated heterocycles. The van der Waals surface area contributed by atoms with E-state index in [1.54, 1.807) is 13.3 Å². The third-order valence-corrected chi connectivity index (χ3v) is 5.35. The second kappa shape index (κ2) is 6.49. The highest BCUT2D eigenvalue weighted by molar-refractivity contribution is 5.74. The van der Waals surface area contributed by atoms with Crippen LogP contribution in [0.5, 0.6) is 0 Å². The van der Waals surface area contributed by atoms with E-state index in [0.717, 1.165) is 31.8 Å². The number of methoxy groups -OCH3 is 1. The Kier molecular flexibility index (Phi) is 4.59. The van der Waals surface area contributed by atoms with Gasteiger partial charge in [-0.15, -0.1) is 0 Å². The molecule has 0 aromatic carbocycles. The van der Waals surface area contributed by atoms with E-state index in [-0.39, 0.29) is 17.7 Å². The number of piperazine rings is 1. The maximum absolute atomic E-state index is 12.5. The van der Waals surface area contributed by atoms with Crippen molar-refractivity contribution >= 4 is 6.03 Å². The van der Waals surface area contributed by atoms with Crippen LogP contribution in [0.3, 0.4) is 0 Å². The number of hydrogen-bond donors (Lipinski definition) is 1. The van der Waals surface area contributed by atoms with E-state index in [0.29, 0.717) is 13.1 Å². The van der Waals surface area contributed by atoms with E-state index in [9.17, 15) is 4.79 Å². The Labute approximate surface area is 137 Å². The zero-order valence-electron chi connectivity index (χ0n) is 14.3. The van der Waals surface area contributed by atoms with Gasteiger partial charge in [0.1, 0.15) is 5.82 Å². The molecular formula is C16H27N5O2. The van der Waals surface area contributed by atoms with Gasteiger partial charge in [-0.2, -0.15) is 0 Å². The van der Waals surface area contributed by atoms with E-state index in [2.05, 4.69) is 22.2 Å². The minimum Gasteiger partial charge on any atom is -0.376 e. The van der Waals surface area contributed by atoms with Crippen molar-refractivity contribution in [1.82, 2.24) is 24.7 Å². The first kappa shape index (κ1) is 16.3. The van der Waals surface area contributed by atoms with E-state index < -0.39 is 0 Å². The number of nitrogens with one attached hydrogen (secondary N) is 1. The maximum Gasteiger partial charge on any atom is 0.317 e. The molecule has 1 aromatic heterocycles. The van der Waals surface area contributed by atoms with Crippen LogP contribution in [-0.4, -0.2) is 71.3 Å². The first-order valence-corrected chi connectivity index (χ1v) is 8.30. The van der Waals surface area contributed by atoms with Crippen LogP contribution in [0.15, 0.2) is 12.4 Å². The van der Waals surface area contributed by atoms with Crippen molar-refractivity contribution in [1.29, 1.82) is 0 Å². The molecule has 1 aliphatic heterocycles. The summed E-state index contributed by atoms with van der Waals surface area (Å²) < 4.78 is 7.59. The van der Waals surface area contributed by atoms with Crippen molar-refractivity contribution in [3.05, 3.63) is 18.2 Å². The monoisotopic (exact) mass is 321 g/mol. The lowest BCUT2D eigenvalue weighted by Gasteiger charge is -2.42. The number of rotatable bonds is 4. The van der Waals surface area contributed by atoms with Gasteiger partial charge < -0.3 is 19.5 Å². The van der Waals surface area contributed by atoms with Gasteiger partial charge in [-0.05, 0) is 26.3 Å². The predicted molar refractivity (Wildman–Crippen MR) is 87.1 cm³/mol. The number of hydrogen-bond acceptors (Lipinski definition) is 4. The summed E-state index contributed by atoms with van der Waals surface area (Å²) in [6.07, 6.45) is 6.99. The minimum atomic E-state index is -0.138. The van der Waals surface area contributed by atoms with Gasteiger partial charge in [0.25, 0.3) is 0 Å². The molecule has 2 amide bonds. The third-order valence-electron chi connectivity index (χ3n) is 5.35. The van der Waals surface area contributed by atoms with Crippen LogP contribution in [0.4, 0.5) is 4.79 Å². The molecular weight excluding hydrogens is 294 g/mol. The Bertz CT molecular complexity index is 549. The summed E-state index contributed by atoms with van der Waals surface area (Å²) in [6, 6.07) is 0.134. The number of amides is 2. The fourth-order valence-electron chi connectivity index (χ4n) is 3.41. The number of carbonyl (C=O) groups is 1. The zero-order chi connectivity index (χ0) is 16.4. The summed E-state index contributed by atoms with van der Waals surface area (Å²) in [5.74, 6) is 0.998. The van der Waals surface area contributed by atoms with E-state index >= 15 is 0 Å². The van der Waals surface area contributed by atoms with Gasteiger partial charge in [0.05, 0.1) is 11.6 Å². The molecule has 23 heavy (non-hydrogen) atoms. The largest absolute Gasteiger partial charge is 0.376 e. The van der Waals surface area contributed by atoms with Crippen LogP contribution in [0.1, 0.15) is 31.1 Å². The van der Waals surface area contributed by atoms with E-state index in [1.165, 1.54) is 6.42 Å². The molecule has 2 heterocycles. The van der Waals surface area contributed by atoms with Crippen molar-refractivity contribution in [2.24, 2.45) is 7.05 Å². The smallest absolute Gasteiger partial charge is 0.317 e. The normalized spacial score (nSPS) is 24.3. The van der Waals surface area contributed by atoms with Crippen molar-refractivity contribution in [2.75, 3.05) is 40.3 Å². The van der Waals surface area contributed by atoms with Gasteiger partial charge >= 0.3 is 6.03 Å². The third kappa shape index (κ3) is 3.21. The molecule has 7 nitrogen and oxygen atoms in total. The van der Waals surface area contributed by atoms with Gasteiger partial charge in [-0.25, -0.2) is 9.78 Å². The Hall–Kier alpha value is -1.60. The number of imidazole rings is 1. The number of aromatic nitrogens is 2. The van der Waals surface area contributed by atoms with E-state index in [1.807, 2.05) is 22.7 Å². The van der Waals surface area contributed by atoms with Crippen LogP contribution in [-0.2, 0) is 11.8 Å². The van der Waals surface area contributed by atoms with Crippen LogP contribution in [0.25, 0.3) is 0 Å². The topological polar surface area (TPSA) is 62.6 Å². The lowest BCUT2D eigenvalue weighted by atomic mass is 9.80. The fraction of sp³-hybridized carbons (Fsp3) is 0.750. The summed E-state index contributed by atoms with van der Waals surface area (Å²) in [7, 11) is 5.81. The summed E-state index contributed by atoms with van der Waals surface area (Å²) in [6.45, 7) is 2.85. The molecule has 1 saturated carbocycles. The first-order valence-electron chi connectivity index (χ1n) is 8.30. The van der Waals surface area contributed by atoms with Crippen molar-refractivity contribution in [3.8, 4) is 0 Å². The average molecular weight is 321 g/mol. The summed E-state index contributed by atoms with van der Waals surface area (Å²) in [5.41, 5.74) is -0.138. The Morgan fingerprint density at radius 3 is 2.78 bits per heavy atom. The molecule has 7 heteroatoms. The molecule has 1 N–H and O–H groups in total. The summed E-state index contributed by atoms with van der Waals surface area (Å²) >= 11 is 0. The lowest BCUT2D eigenvalue weighted by molar-refractivity contribution is -0.0681. The van der Waals surface area contributed by atoms with Gasteiger partial charge in [0, 0.05) is 52.7 Å². The van der Waals surface area contributed by atoms with Gasteiger partial charge in [0.2, 0.25) is 0 Å². The molecule has 0 radical (unpaired) electrons. The minimum absolute atomic E-state index is 0.000587. The SMILES string of the molecule is COC1(CNC(=O)N2CCN(C)C(c3nccn3C)C2)CCC1. The van der Waals surface area contributed by atoms with Gasteiger partial charge in [0.15, 0.2) is 0 Å². The van der Waals surface area contributed by atoms with Crippen molar-refractivity contribution < 1.29 is 9.53 Å². The molecule has 0 bridgehead atoms. The standard InChI is InChI=1S/C16H27N5O2/c1-19-9-10-21(11-13(19)14-17-7-8-20(14)2)15(22)18-12-16(23-3)5-4-6-16/h7-8,13H,4-6,9-12H2,1-3H3,(H,18,22). The number of urea groups is 1. The number of likely N-dealkylation sites (N-methyl/N-ethyl adjacent to an activating group) is 1. The Balaban J connectivity index is 1.59. The molecule has 0 spiro atoms. The second-order valence-electron chi connectivity index (χ2n) is 6.74. The summed E-state index contributed by atoms with van der Waals surface area (Å²) in [4.78, 5) is 21.1. The van der Waals surface area contributed by atoms with Crippen LogP contribution < -0.4 is 5.32 Å². The maximum atomic E-state index is 12.5. The molecule has 1 unspecified atom stereocenters. The number of aryl methyl sites for hydroxylation is 1. The number of carbonyl (C=O) groups excluding carboxylic acids is 1. The fourth-order valence-corrected chi connectivity index (χ4v) is 3.41. The molecule has 1 aliphatic carbocycles. The van der Waals surface area contributed by atoms with Gasteiger partial charge in [-0.3, -0.25) is 4.90 Å². The quantitative estimate of drug-likeness (QED) is 0.898.